The van der Waals surface area contributed by atoms with E-state index in [4.69, 9.17) is 4.74 Å². The number of rotatable bonds is 6. The molecule has 0 spiro atoms. The van der Waals surface area contributed by atoms with Gasteiger partial charge in [0.25, 0.3) is 5.91 Å². The summed E-state index contributed by atoms with van der Waals surface area (Å²) in [5, 5.41) is 2.56. The lowest BCUT2D eigenvalue weighted by Gasteiger charge is -2.16. The van der Waals surface area contributed by atoms with Gasteiger partial charge in [-0.15, -0.1) is 0 Å². The number of anilines is 1. The van der Waals surface area contributed by atoms with Crippen LogP contribution in [0.3, 0.4) is 0 Å². The summed E-state index contributed by atoms with van der Waals surface area (Å²) in [7, 11) is -3.53. The van der Waals surface area contributed by atoms with Gasteiger partial charge in [0.05, 0.1) is 10.5 Å². The zero-order chi connectivity index (χ0) is 21.0. The maximum absolute atomic E-state index is 13.2. The summed E-state index contributed by atoms with van der Waals surface area (Å²) in [4.78, 5) is 24.4. The third-order valence-electron chi connectivity index (χ3n) is 4.54. The van der Waals surface area contributed by atoms with Gasteiger partial charge < -0.3 is 10.1 Å². The molecule has 29 heavy (non-hydrogen) atoms. The average molecular weight is 420 g/mol. The Morgan fingerprint density at radius 1 is 1.10 bits per heavy atom. The number of sulfonamides is 1. The third kappa shape index (κ3) is 4.99. The molecule has 1 N–H and O–H groups in total. The molecule has 1 heterocycles. The first-order valence-corrected chi connectivity index (χ1v) is 10.6. The largest absolute Gasteiger partial charge is 0.449 e. The summed E-state index contributed by atoms with van der Waals surface area (Å²) in [5.74, 6) is -2.00. The van der Waals surface area contributed by atoms with Crippen LogP contribution in [0.2, 0.25) is 0 Å². The fourth-order valence-corrected chi connectivity index (χ4v) is 4.45. The maximum atomic E-state index is 13.2. The number of benzene rings is 2. The van der Waals surface area contributed by atoms with Gasteiger partial charge in [0.1, 0.15) is 5.82 Å². The minimum atomic E-state index is -3.53. The molecule has 0 radical (unpaired) electrons. The van der Waals surface area contributed by atoms with E-state index in [9.17, 15) is 22.4 Å². The average Bonchev–Trinajstić information content (AvgIpc) is 3.24. The molecule has 9 heteroatoms. The Balaban J connectivity index is 1.60. The highest BCUT2D eigenvalue weighted by Gasteiger charge is 2.27. The first-order chi connectivity index (χ1) is 13.8. The summed E-state index contributed by atoms with van der Waals surface area (Å²) in [6.07, 6.45) is 0.568. The predicted molar refractivity (Wildman–Crippen MR) is 104 cm³/mol. The number of nitrogens with zero attached hydrogens (tertiary/aromatic N) is 1. The van der Waals surface area contributed by atoms with Crippen LogP contribution in [0.4, 0.5) is 10.1 Å². The van der Waals surface area contributed by atoms with Crippen LogP contribution in [0.25, 0.3) is 0 Å². The molecule has 0 unspecified atom stereocenters. The number of carbonyl (C=O) groups is 2. The van der Waals surface area contributed by atoms with Gasteiger partial charge in [0.15, 0.2) is 6.10 Å². The second-order valence-corrected chi connectivity index (χ2v) is 8.62. The summed E-state index contributed by atoms with van der Waals surface area (Å²) >= 11 is 0. The fraction of sp³-hybridized carbons (Fsp3) is 0.300. The number of esters is 1. The van der Waals surface area contributed by atoms with E-state index in [-0.39, 0.29) is 10.5 Å². The summed E-state index contributed by atoms with van der Waals surface area (Å²) in [6.45, 7) is 2.41. The number of amides is 1. The van der Waals surface area contributed by atoms with E-state index in [1.807, 2.05) is 0 Å². The van der Waals surface area contributed by atoms with Crippen LogP contribution < -0.4 is 5.32 Å². The predicted octanol–water partition coefficient (Wildman–Crippen LogP) is 2.79. The van der Waals surface area contributed by atoms with Gasteiger partial charge in [0.2, 0.25) is 10.0 Å². The van der Waals surface area contributed by atoms with Crippen molar-refractivity contribution in [2.24, 2.45) is 0 Å². The molecule has 154 valence electrons. The fourth-order valence-electron chi connectivity index (χ4n) is 2.93. The van der Waals surface area contributed by atoms with Crippen LogP contribution in [0.5, 0.6) is 0 Å². The summed E-state index contributed by atoms with van der Waals surface area (Å²) in [5.41, 5.74) is 0.366. The van der Waals surface area contributed by atoms with E-state index in [1.54, 1.807) is 0 Å². The van der Waals surface area contributed by atoms with Crippen molar-refractivity contribution in [3.8, 4) is 0 Å². The third-order valence-corrected chi connectivity index (χ3v) is 6.45. The Morgan fingerprint density at radius 2 is 1.76 bits per heavy atom. The lowest BCUT2D eigenvalue weighted by atomic mass is 10.2. The first kappa shape index (κ1) is 20.9. The van der Waals surface area contributed by atoms with Crippen LogP contribution in [0.15, 0.2) is 53.4 Å². The Bertz CT molecular complexity index is 1000. The van der Waals surface area contributed by atoms with Gasteiger partial charge in [0, 0.05) is 18.8 Å². The van der Waals surface area contributed by atoms with Crippen molar-refractivity contribution in [3.05, 3.63) is 59.9 Å². The SMILES string of the molecule is C[C@@H](OC(=O)c1cccc(F)c1)C(=O)Nc1ccc(S(=O)(=O)N2CCCC2)cc1. The van der Waals surface area contributed by atoms with Crippen LogP contribution in [0.1, 0.15) is 30.1 Å². The van der Waals surface area contributed by atoms with Gasteiger partial charge in [-0.1, -0.05) is 6.07 Å². The number of ether oxygens (including phenoxy) is 1. The number of hydrogen-bond acceptors (Lipinski definition) is 5. The van der Waals surface area contributed by atoms with Gasteiger partial charge >= 0.3 is 5.97 Å². The molecule has 1 atom stereocenters. The van der Waals surface area contributed by atoms with E-state index >= 15 is 0 Å². The normalized spacial score (nSPS) is 15.7. The maximum Gasteiger partial charge on any atom is 0.339 e. The Hall–Kier alpha value is -2.78. The highest BCUT2D eigenvalue weighted by atomic mass is 32.2. The molecule has 7 nitrogen and oxygen atoms in total. The van der Waals surface area contributed by atoms with E-state index in [1.165, 1.54) is 53.7 Å². The molecule has 1 fully saturated rings. The second-order valence-electron chi connectivity index (χ2n) is 6.68. The molecule has 1 amide bonds. The van der Waals surface area contributed by atoms with Crippen LogP contribution >= 0.6 is 0 Å². The van der Waals surface area contributed by atoms with Crippen molar-refractivity contribution in [3.63, 3.8) is 0 Å². The van der Waals surface area contributed by atoms with Crippen molar-refractivity contribution in [2.75, 3.05) is 18.4 Å². The molecule has 1 aliphatic heterocycles. The standard InChI is InChI=1S/C20H21FN2O5S/c1-14(28-20(25)15-5-4-6-16(21)13-15)19(24)22-17-7-9-18(10-8-17)29(26,27)23-11-2-3-12-23/h4-10,13-14H,2-3,11-12H2,1H3,(H,22,24)/t14-/m1/s1. The molecule has 3 rings (SSSR count). The monoisotopic (exact) mass is 420 g/mol. The smallest absolute Gasteiger partial charge is 0.339 e. The number of hydrogen-bond donors (Lipinski definition) is 1. The van der Waals surface area contributed by atoms with Crippen LogP contribution in [-0.4, -0.2) is 43.8 Å². The van der Waals surface area contributed by atoms with Gasteiger partial charge in [-0.05, 0) is 62.2 Å². The van der Waals surface area contributed by atoms with E-state index in [2.05, 4.69) is 5.32 Å². The van der Waals surface area contributed by atoms with E-state index in [0.29, 0.717) is 18.8 Å². The zero-order valence-electron chi connectivity index (χ0n) is 15.8. The molecular formula is C20H21FN2O5S. The quantitative estimate of drug-likeness (QED) is 0.726. The Labute approximate surface area is 168 Å². The molecule has 2 aromatic rings. The Morgan fingerprint density at radius 3 is 2.38 bits per heavy atom. The van der Waals surface area contributed by atoms with Crippen molar-refractivity contribution in [2.45, 2.75) is 30.8 Å². The number of nitrogens with one attached hydrogen (secondary N) is 1. The highest BCUT2D eigenvalue weighted by molar-refractivity contribution is 7.89. The summed E-state index contributed by atoms with van der Waals surface area (Å²) < 4.78 is 44.7. The van der Waals surface area contributed by atoms with Crippen LogP contribution in [0, 0.1) is 5.82 Å². The van der Waals surface area contributed by atoms with Crippen molar-refractivity contribution >= 4 is 27.6 Å². The molecule has 0 aromatic heterocycles. The van der Waals surface area contributed by atoms with Gasteiger partial charge in [-0.3, -0.25) is 4.79 Å². The van der Waals surface area contributed by atoms with Crippen molar-refractivity contribution in [1.29, 1.82) is 0 Å². The summed E-state index contributed by atoms with van der Waals surface area (Å²) in [6, 6.07) is 10.8. The molecule has 0 bridgehead atoms. The Kier molecular flexibility index (Phi) is 6.29. The molecule has 0 saturated carbocycles. The van der Waals surface area contributed by atoms with Gasteiger partial charge in [-0.2, -0.15) is 4.31 Å². The van der Waals surface area contributed by atoms with Gasteiger partial charge in [-0.25, -0.2) is 17.6 Å². The number of carbonyl (C=O) groups excluding carboxylic acids is 2. The lowest BCUT2D eigenvalue weighted by Crippen LogP contribution is -2.30. The first-order valence-electron chi connectivity index (χ1n) is 9.15. The molecule has 1 saturated heterocycles. The molecule has 1 aliphatic rings. The number of halogens is 1. The minimum absolute atomic E-state index is 0.00104. The van der Waals surface area contributed by atoms with Crippen molar-refractivity contribution < 1.29 is 27.1 Å². The molecular weight excluding hydrogens is 399 g/mol. The van der Waals surface area contributed by atoms with Crippen molar-refractivity contribution in [1.82, 2.24) is 4.31 Å². The highest BCUT2D eigenvalue weighted by Crippen LogP contribution is 2.22. The minimum Gasteiger partial charge on any atom is -0.449 e. The van der Waals surface area contributed by atoms with E-state index in [0.717, 1.165) is 18.9 Å². The molecule has 0 aliphatic carbocycles. The lowest BCUT2D eigenvalue weighted by molar-refractivity contribution is -0.123. The second kappa shape index (κ2) is 8.71. The molecule has 2 aromatic carbocycles. The van der Waals surface area contributed by atoms with Crippen LogP contribution in [-0.2, 0) is 19.6 Å². The topological polar surface area (TPSA) is 92.8 Å². The zero-order valence-corrected chi connectivity index (χ0v) is 16.6. The van der Waals surface area contributed by atoms with E-state index < -0.39 is 33.8 Å².